The van der Waals surface area contributed by atoms with Crippen LogP contribution in [0, 0.1) is 0 Å². The number of benzene rings is 2. The van der Waals surface area contributed by atoms with Gasteiger partial charge < -0.3 is 19.5 Å². The van der Waals surface area contributed by atoms with Crippen molar-refractivity contribution in [2.45, 2.75) is 6.61 Å². The Morgan fingerprint density at radius 2 is 1.97 bits per heavy atom. The van der Waals surface area contributed by atoms with Crippen LogP contribution in [-0.2, 0) is 19.1 Å². The first-order valence-electron chi connectivity index (χ1n) is 9.04. The summed E-state index contributed by atoms with van der Waals surface area (Å²) >= 11 is 0. The van der Waals surface area contributed by atoms with Crippen molar-refractivity contribution in [1.29, 1.82) is 0 Å². The molecule has 0 spiro atoms. The Balaban J connectivity index is 1.60. The molecule has 31 heavy (non-hydrogen) atoms. The number of nitrogens with zero attached hydrogens (tertiary/aromatic N) is 1. The fraction of sp³-hybridized carbons (Fsp3) is 0.190. The molecule has 2 aromatic carbocycles. The summed E-state index contributed by atoms with van der Waals surface area (Å²) in [7, 11) is 1.29. The van der Waals surface area contributed by atoms with E-state index in [0.29, 0.717) is 16.9 Å². The van der Waals surface area contributed by atoms with Crippen LogP contribution < -0.4 is 19.7 Å². The maximum absolute atomic E-state index is 12.4. The number of halogens is 2. The largest absolute Gasteiger partial charge is 0.493 e. The summed E-state index contributed by atoms with van der Waals surface area (Å²) < 4.78 is 39.0. The second-order valence-corrected chi connectivity index (χ2v) is 6.28. The Labute approximate surface area is 176 Å². The fourth-order valence-corrected chi connectivity index (χ4v) is 2.86. The van der Waals surface area contributed by atoms with Gasteiger partial charge in [0.1, 0.15) is 6.54 Å². The summed E-state index contributed by atoms with van der Waals surface area (Å²) in [5.74, 6) is -1.79. The van der Waals surface area contributed by atoms with Crippen molar-refractivity contribution in [3.05, 3.63) is 54.1 Å². The van der Waals surface area contributed by atoms with Crippen LogP contribution in [0.5, 0.6) is 11.5 Å². The summed E-state index contributed by atoms with van der Waals surface area (Å²) in [4.78, 5) is 37.4. The van der Waals surface area contributed by atoms with Gasteiger partial charge in [-0.15, -0.1) is 0 Å². The maximum Gasteiger partial charge on any atom is 0.387 e. The average Bonchev–Trinajstić information content (AvgIpc) is 2.75. The Hall–Kier alpha value is -3.95. The second kappa shape index (κ2) is 9.70. The number of para-hydroxylation sites is 2. The van der Waals surface area contributed by atoms with E-state index in [-0.39, 0.29) is 24.0 Å². The molecule has 0 bridgehead atoms. The van der Waals surface area contributed by atoms with Gasteiger partial charge in [0.25, 0.3) is 5.91 Å². The monoisotopic (exact) mass is 432 g/mol. The number of carbonyl (C=O) groups is 3. The molecule has 1 aliphatic heterocycles. The highest BCUT2D eigenvalue weighted by molar-refractivity contribution is 6.10. The van der Waals surface area contributed by atoms with Gasteiger partial charge >= 0.3 is 12.6 Å². The van der Waals surface area contributed by atoms with E-state index < -0.39 is 25.1 Å². The molecule has 0 aromatic heterocycles. The zero-order valence-electron chi connectivity index (χ0n) is 16.3. The molecule has 1 N–H and O–H groups in total. The van der Waals surface area contributed by atoms with E-state index in [2.05, 4.69) is 10.1 Å². The number of hydrogen-bond donors (Lipinski definition) is 1. The first-order valence-corrected chi connectivity index (χ1v) is 9.04. The van der Waals surface area contributed by atoms with Crippen LogP contribution >= 0.6 is 0 Å². The molecule has 0 unspecified atom stereocenters. The highest BCUT2D eigenvalue weighted by Gasteiger charge is 2.27. The third-order valence-corrected chi connectivity index (χ3v) is 4.23. The number of hydrogen-bond acceptors (Lipinski definition) is 6. The minimum absolute atomic E-state index is 0.0630. The highest BCUT2D eigenvalue weighted by Crippen LogP contribution is 2.30. The minimum atomic E-state index is -3.00. The molecule has 0 radical (unpaired) electrons. The van der Waals surface area contributed by atoms with Crippen LogP contribution in [0.4, 0.5) is 20.2 Å². The van der Waals surface area contributed by atoms with Crippen LogP contribution in [0.2, 0.25) is 0 Å². The standard InChI is InChI=1S/C21H18F2N2O6/c1-29-17-10-13(6-8-16(17)31-21(22)23)7-9-20(28)30-12-19(27)25-11-18(26)24-14-4-2-3-5-15(14)25/h2-10,21H,11-12H2,1H3,(H,24,26)/b9-7+. The van der Waals surface area contributed by atoms with E-state index in [0.717, 1.165) is 6.08 Å². The lowest BCUT2D eigenvalue weighted by Crippen LogP contribution is -2.43. The zero-order valence-corrected chi connectivity index (χ0v) is 16.3. The lowest BCUT2D eigenvalue weighted by Gasteiger charge is -2.28. The van der Waals surface area contributed by atoms with E-state index in [4.69, 9.17) is 9.47 Å². The van der Waals surface area contributed by atoms with Gasteiger partial charge in [0, 0.05) is 6.08 Å². The van der Waals surface area contributed by atoms with Crippen LogP contribution in [0.1, 0.15) is 5.56 Å². The summed E-state index contributed by atoms with van der Waals surface area (Å²) in [6, 6.07) is 10.9. The summed E-state index contributed by atoms with van der Waals surface area (Å²) in [6.07, 6.45) is 2.44. The molecule has 2 amide bonds. The summed E-state index contributed by atoms with van der Waals surface area (Å²) in [6.45, 7) is -3.74. The molecule has 1 aliphatic rings. The van der Waals surface area contributed by atoms with Gasteiger partial charge in [-0.05, 0) is 35.9 Å². The van der Waals surface area contributed by atoms with Gasteiger partial charge in [0.15, 0.2) is 18.1 Å². The topological polar surface area (TPSA) is 94.2 Å². The summed E-state index contributed by atoms with van der Waals surface area (Å²) in [5, 5.41) is 2.66. The number of fused-ring (bicyclic) bond motifs is 1. The lowest BCUT2D eigenvalue weighted by molar-refractivity contribution is -0.143. The number of anilines is 2. The predicted molar refractivity (Wildman–Crippen MR) is 107 cm³/mol. The van der Waals surface area contributed by atoms with Crippen molar-refractivity contribution in [3.63, 3.8) is 0 Å². The van der Waals surface area contributed by atoms with Crippen molar-refractivity contribution in [3.8, 4) is 11.5 Å². The van der Waals surface area contributed by atoms with E-state index >= 15 is 0 Å². The lowest BCUT2D eigenvalue weighted by atomic mass is 10.2. The average molecular weight is 432 g/mol. The molecule has 8 nitrogen and oxygen atoms in total. The first kappa shape index (κ1) is 21.8. The molecule has 0 atom stereocenters. The second-order valence-electron chi connectivity index (χ2n) is 6.28. The van der Waals surface area contributed by atoms with Gasteiger partial charge in [-0.2, -0.15) is 8.78 Å². The van der Waals surface area contributed by atoms with Crippen molar-refractivity contribution >= 4 is 35.2 Å². The number of amides is 2. The Kier molecular flexibility index (Phi) is 6.81. The van der Waals surface area contributed by atoms with Gasteiger partial charge in [-0.3, -0.25) is 14.5 Å². The van der Waals surface area contributed by atoms with Gasteiger partial charge in [-0.25, -0.2) is 4.79 Å². The van der Waals surface area contributed by atoms with Crippen molar-refractivity contribution < 1.29 is 37.4 Å². The smallest absolute Gasteiger partial charge is 0.387 e. The zero-order chi connectivity index (χ0) is 22.4. The molecule has 0 saturated heterocycles. The number of carbonyl (C=O) groups excluding carboxylic acids is 3. The molecule has 162 valence electrons. The maximum atomic E-state index is 12.4. The van der Waals surface area contributed by atoms with Gasteiger partial charge in [-0.1, -0.05) is 18.2 Å². The fourth-order valence-electron chi connectivity index (χ4n) is 2.86. The van der Waals surface area contributed by atoms with Gasteiger partial charge in [0.2, 0.25) is 5.91 Å². The van der Waals surface area contributed by atoms with Crippen LogP contribution in [-0.4, -0.2) is 44.7 Å². The molecule has 0 fully saturated rings. The van der Waals surface area contributed by atoms with Crippen LogP contribution in [0.25, 0.3) is 6.08 Å². The molecule has 3 rings (SSSR count). The van der Waals surface area contributed by atoms with Crippen molar-refractivity contribution in [2.75, 3.05) is 30.5 Å². The third kappa shape index (κ3) is 5.56. The third-order valence-electron chi connectivity index (χ3n) is 4.23. The van der Waals surface area contributed by atoms with Crippen LogP contribution in [0.3, 0.4) is 0 Å². The highest BCUT2D eigenvalue weighted by atomic mass is 19.3. The Bertz CT molecular complexity index is 1020. The van der Waals surface area contributed by atoms with E-state index in [9.17, 15) is 23.2 Å². The quantitative estimate of drug-likeness (QED) is 0.534. The number of nitrogens with one attached hydrogen (secondary N) is 1. The normalized spacial score (nSPS) is 13.0. The molecular weight excluding hydrogens is 414 g/mol. The molecule has 2 aromatic rings. The minimum Gasteiger partial charge on any atom is -0.493 e. The van der Waals surface area contributed by atoms with E-state index in [1.807, 2.05) is 0 Å². The van der Waals surface area contributed by atoms with E-state index in [1.165, 1.54) is 36.3 Å². The van der Waals surface area contributed by atoms with Crippen molar-refractivity contribution in [2.24, 2.45) is 0 Å². The molecular formula is C21H18F2N2O6. The number of esters is 1. The number of methoxy groups -OCH3 is 1. The van der Waals surface area contributed by atoms with Crippen molar-refractivity contribution in [1.82, 2.24) is 0 Å². The van der Waals surface area contributed by atoms with Crippen LogP contribution in [0.15, 0.2) is 48.5 Å². The molecule has 0 aliphatic carbocycles. The molecule has 10 heteroatoms. The first-order chi connectivity index (χ1) is 14.9. The Morgan fingerprint density at radius 1 is 1.19 bits per heavy atom. The molecule has 0 saturated carbocycles. The molecule has 1 heterocycles. The SMILES string of the molecule is COc1cc(/C=C/C(=O)OCC(=O)N2CC(=O)Nc3ccccc32)ccc1OC(F)F. The van der Waals surface area contributed by atoms with Gasteiger partial charge in [0.05, 0.1) is 18.5 Å². The Morgan fingerprint density at radius 3 is 2.71 bits per heavy atom. The number of rotatable bonds is 7. The predicted octanol–water partition coefficient (Wildman–Crippen LogP) is 2.84. The number of ether oxygens (including phenoxy) is 3. The van der Waals surface area contributed by atoms with E-state index in [1.54, 1.807) is 24.3 Å². The summed E-state index contributed by atoms with van der Waals surface area (Å²) in [5.41, 5.74) is 1.46. The number of alkyl halides is 2.